The summed E-state index contributed by atoms with van der Waals surface area (Å²) in [4.78, 5) is 9.75. The van der Waals surface area contributed by atoms with Crippen LogP contribution >= 0.6 is 15.9 Å². The topological polar surface area (TPSA) is 98.5 Å². The summed E-state index contributed by atoms with van der Waals surface area (Å²) in [5, 5.41) is 10.7. The van der Waals surface area contributed by atoms with E-state index in [9.17, 15) is 22.9 Å². The molecule has 10 heteroatoms. The molecule has 0 saturated carbocycles. The molecule has 23 heavy (non-hydrogen) atoms. The van der Waals surface area contributed by atoms with E-state index in [1.807, 2.05) is 0 Å². The van der Waals surface area contributed by atoms with E-state index in [0.29, 0.717) is 0 Å². The number of nitrogens with one attached hydrogen (secondary N) is 1. The molecule has 2 aromatic rings. The molecule has 0 aliphatic heterocycles. The van der Waals surface area contributed by atoms with Crippen molar-refractivity contribution in [3.8, 4) is 5.75 Å². The summed E-state index contributed by atoms with van der Waals surface area (Å²) >= 11 is 3.05. The molecule has 0 amide bonds. The maximum absolute atomic E-state index is 13.6. The third-order valence-electron chi connectivity index (χ3n) is 2.84. The minimum atomic E-state index is -4.06. The Hall–Kier alpha value is -2.20. The molecule has 0 saturated heterocycles. The number of anilines is 1. The fourth-order valence-corrected chi connectivity index (χ4v) is 3.41. The Labute approximate surface area is 139 Å². The van der Waals surface area contributed by atoms with Crippen molar-refractivity contribution in [3.05, 3.63) is 56.8 Å². The van der Waals surface area contributed by atoms with Crippen LogP contribution in [0, 0.1) is 15.9 Å². The van der Waals surface area contributed by atoms with Gasteiger partial charge in [-0.05, 0) is 40.2 Å². The number of hydrogen-bond donors (Lipinski definition) is 1. The molecule has 0 aliphatic rings. The third kappa shape index (κ3) is 3.77. The zero-order chi connectivity index (χ0) is 17.2. The van der Waals surface area contributed by atoms with E-state index in [1.54, 1.807) is 0 Å². The molecule has 0 fully saturated rings. The molecule has 2 aromatic carbocycles. The number of non-ortho nitro benzene ring substituents is 1. The number of nitro groups is 1. The van der Waals surface area contributed by atoms with Crippen LogP contribution in [0.4, 0.5) is 15.8 Å². The molecule has 0 heterocycles. The monoisotopic (exact) mass is 404 g/mol. The van der Waals surface area contributed by atoms with Crippen molar-refractivity contribution < 1.29 is 22.5 Å². The number of nitro benzene ring substituents is 1. The van der Waals surface area contributed by atoms with Crippen molar-refractivity contribution in [2.24, 2.45) is 0 Å². The Balaban J connectivity index is 2.35. The van der Waals surface area contributed by atoms with Crippen molar-refractivity contribution in [1.82, 2.24) is 0 Å². The van der Waals surface area contributed by atoms with Crippen LogP contribution in [-0.4, -0.2) is 20.5 Å². The van der Waals surface area contributed by atoms with Gasteiger partial charge in [-0.3, -0.25) is 14.8 Å². The lowest BCUT2D eigenvalue weighted by atomic mass is 10.3. The van der Waals surface area contributed by atoms with Gasteiger partial charge >= 0.3 is 0 Å². The van der Waals surface area contributed by atoms with E-state index in [2.05, 4.69) is 20.7 Å². The molecule has 0 aliphatic carbocycles. The zero-order valence-electron chi connectivity index (χ0n) is 11.6. The number of benzene rings is 2. The number of ether oxygens (including phenoxy) is 1. The van der Waals surface area contributed by atoms with Crippen LogP contribution in [-0.2, 0) is 10.0 Å². The minimum Gasteiger partial charge on any atom is -0.494 e. The smallest absolute Gasteiger partial charge is 0.270 e. The van der Waals surface area contributed by atoms with Crippen molar-refractivity contribution in [2.45, 2.75) is 4.90 Å². The standard InChI is InChI=1S/C13H10BrFN2O5S/c1-22-13-5-3-9(7-11(13)15)23(20,21)16-12-4-2-8(17(18)19)6-10(12)14/h2-7,16H,1H3. The second-order valence-electron chi connectivity index (χ2n) is 4.32. The number of sulfonamides is 1. The van der Waals surface area contributed by atoms with Gasteiger partial charge in [-0.2, -0.15) is 0 Å². The molecule has 0 spiro atoms. The largest absolute Gasteiger partial charge is 0.494 e. The Morgan fingerprint density at radius 1 is 1.26 bits per heavy atom. The predicted octanol–water partition coefficient (Wildman–Crippen LogP) is 3.31. The molecule has 0 radical (unpaired) electrons. The summed E-state index contributed by atoms with van der Waals surface area (Å²) in [6.45, 7) is 0. The van der Waals surface area contributed by atoms with Gasteiger partial charge in [0.2, 0.25) is 0 Å². The summed E-state index contributed by atoms with van der Waals surface area (Å²) < 4.78 is 45.3. The molecule has 0 aromatic heterocycles. The maximum Gasteiger partial charge on any atom is 0.270 e. The van der Waals surface area contributed by atoms with Crippen molar-refractivity contribution >= 4 is 37.3 Å². The van der Waals surface area contributed by atoms with E-state index < -0.39 is 20.8 Å². The van der Waals surface area contributed by atoms with Gasteiger partial charge in [0.25, 0.3) is 15.7 Å². The number of rotatable bonds is 5. The quantitative estimate of drug-likeness (QED) is 0.608. The highest BCUT2D eigenvalue weighted by atomic mass is 79.9. The fraction of sp³-hybridized carbons (Fsp3) is 0.0769. The lowest BCUT2D eigenvalue weighted by molar-refractivity contribution is -0.384. The van der Waals surface area contributed by atoms with Crippen LogP contribution in [0.2, 0.25) is 0 Å². The summed E-state index contributed by atoms with van der Waals surface area (Å²) in [7, 11) is -2.80. The highest BCUT2D eigenvalue weighted by Gasteiger charge is 2.19. The normalized spacial score (nSPS) is 11.1. The first kappa shape index (κ1) is 17.2. The first-order valence-electron chi connectivity index (χ1n) is 6.05. The summed E-state index contributed by atoms with van der Waals surface area (Å²) in [5.41, 5.74) is -0.109. The second kappa shape index (κ2) is 6.50. The van der Waals surface area contributed by atoms with E-state index in [1.165, 1.54) is 25.3 Å². The van der Waals surface area contributed by atoms with Gasteiger partial charge in [0, 0.05) is 16.6 Å². The first-order valence-corrected chi connectivity index (χ1v) is 8.32. The molecule has 2 rings (SSSR count). The number of halogens is 2. The Morgan fingerprint density at radius 3 is 2.48 bits per heavy atom. The third-order valence-corrected chi connectivity index (χ3v) is 4.86. The van der Waals surface area contributed by atoms with E-state index >= 15 is 0 Å². The Bertz CT molecular complexity index is 873. The average Bonchev–Trinajstić information content (AvgIpc) is 2.48. The van der Waals surface area contributed by atoms with Crippen LogP contribution < -0.4 is 9.46 Å². The van der Waals surface area contributed by atoms with Crippen molar-refractivity contribution in [3.63, 3.8) is 0 Å². The fourth-order valence-electron chi connectivity index (χ4n) is 1.72. The van der Waals surface area contributed by atoms with Gasteiger partial charge in [0.05, 0.1) is 22.6 Å². The molecule has 1 N–H and O–H groups in total. The molecule has 0 atom stereocenters. The van der Waals surface area contributed by atoms with Crippen molar-refractivity contribution in [1.29, 1.82) is 0 Å². The van der Waals surface area contributed by atoms with Crippen LogP contribution in [0.15, 0.2) is 45.8 Å². The van der Waals surface area contributed by atoms with E-state index in [-0.39, 0.29) is 26.5 Å². The van der Waals surface area contributed by atoms with Gasteiger partial charge in [-0.1, -0.05) is 0 Å². The summed E-state index contributed by atoms with van der Waals surface area (Å²) in [5.74, 6) is -0.904. The molecule has 0 bridgehead atoms. The van der Waals surface area contributed by atoms with Crippen molar-refractivity contribution in [2.75, 3.05) is 11.8 Å². The average molecular weight is 405 g/mol. The zero-order valence-corrected chi connectivity index (χ0v) is 14.0. The van der Waals surface area contributed by atoms with Crippen LogP contribution in [0.5, 0.6) is 5.75 Å². The van der Waals surface area contributed by atoms with E-state index in [0.717, 1.165) is 18.2 Å². The van der Waals surface area contributed by atoms with Crippen LogP contribution in [0.25, 0.3) is 0 Å². The second-order valence-corrected chi connectivity index (χ2v) is 6.86. The van der Waals surface area contributed by atoms with Gasteiger partial charge < -0.3 is 4.74 Å². The SMILES string of the molecule is COc1ccc(S(=O)(=O)Nc2ccc([N+](=O)[O-])cc2Br)cc1F. The van der Waals surface area contributed by atoms with Gasteiger partial charge in [0.15, 0.2) is 11.6 Å². The highest BCUT2D eigenvalue weighted by molar-refractivity contribution is 9.10. The van der Waals surface area contributed by atoms with Gasteiger partial charge in [-0.25, -0.2) is 12.8 Å². The Morgan fingerprint density at radius 2 is 1.96 bits per heavy atom. The molecular formula is C13H10BrFN2O5S. The van der Waals surface area contributed by atoms with Crippen LogP contribution in [0.1, 0.15) is 0 Å². The predicted molar refractivity (Wildman–Crippen MR) is 84.6 cm³/mol. The number of methoxy groups -OCH3 is 1. The molecule has 7 nitrogen and oxygen atoms in total. The van der Waals surface area contributed by atoms with Gasteiger partial charge in [0.1, 0.15) is 0 Å². The molecule has 122 valence electrons. The number of hydrogen-bond acceptors (Lipinski definition) is 5. The van der Waals surface area contributed by atoms with E-state index in [4.69, 9.17) is 4.74 Å². The van der Waals surface area contributed by atoms with Gasteiger partial charge in [-0.15, -0.1) is 0 Å². The number of nitrogens with zero attached hydrogens (tertiary/aromatic N) is 1. The minimum absolute atomic E-state index is 0.0829. The molecular weight excluding hydrogens is 395 g/mol. The lowest BCUT2D eigenvalue weighted by Gasteiger charge is -2.10. The lowest BCUT2D eigenvalue weighted by Crippen LogP contribution is -2.13. The summed E-state index contributed by atoms with van der Waals surface area (Å²) in [6.07, 6.45) is 0. The first-order chi connectivity index (χ1) is 10.7. The van der Waals surface area contributed by atoms with Crippen LogP contribution in [0.3, 0.4) is 0 Å². The molecule has 0 unspecified atom stereocenters. The Kier molecular flexibility index (Phi) is 4.85. The summed E-state index contributed by atoms with van der Waals surface area (Å²) in [6, 6.07) is 6.74. The maximum atomic E-state index is 13.6. The highest BCUT2D eigenvalue weighted by Crippen LogP contribution is 2.29.